The average molecular weight is 384 g/mol. The Labute approximate surface area is 161 Å². The Balaban J connectivity index is 2.15. The number of aryl methyl sites for hydroxylation is 1. The standard InChI is InChI=1S/C20H20N2O4S/c1-4-26-20(24)17-16(22-18(23)13-8-6-5-7-9-13)15-14(11-25-3)10-12(2)21-19(15)27-17/h5-10H,4,11H2,1-3H3,(H,22,23). The number of rotatable bonds is 6. The van der Waals surface area contributed by atoms with Crippen molar-refractivity contribution in [2.45, 2.75) is 20.5 Å². The lowest BCUT2D eigenvalue weighted by Gasteiger charge is -2.10. The number of amides is 1. The van der Waals surface area contributed by atoms with Crippen LogP contribution in [0.2, 0.25) is 0 Å². The molecule has 3 rings (SSSR count). The first kappa shape index (κ1) is 19.0. The molecule has 1 aromatic carbocycles. The van der Waals surface area contributed by atoms with Gasteiger partial charge in [-0.1, -0.05) is 18.2 Å². The highest BCUT2D eigenvalue weighted by atomic mass is 32.1. The van der Waals surface area contributed by atoms with Crippen LogP contribution >= 0.6 is 11.3 Å². The Kier molecular flexibility index (Phi) is 5.83. The Morgan fingerprint density at radius 2 is 1.96 bits per heavy atom. The SMILES string of the molecule is CCOC(=O)c1sc2nc(C)cc(COC)c2c1NC(=O)c1ccccc1. The van der Waals surface area contributed by atoms with Crippen LogP contribution in [0.4, 0.5) is 5.69 Å². The van der Waals surface area contributed by atoms with Gasteiger partial charge in [-0.3, -0.25) is 4.79 Å². The number of benzene rings is 1. The highest BCUT2D eigenvalue weighted by molar-refractivity contribution is 7.21. The number of carbonyl (C=O) groups is 2. The fraction of sp³-hybridized carbons (Fsp3) is 0.250. The summed E-state index contributed by atoms with van der Waals surface area (Å²) in [6.07, 6.45) is 0. The number of ether oxygens (including phenoxy) is 2. The molecule has 6 nitrogen and oxygen atoms in total. The van der Waals surface area contributed by atoms with Gasteiger partial charge >= 0.3 is 5.97 Å². The van der Waals surface area contributed by atoms with Crippen molar-refractivity contribution < 1.29 is 19.1 Å². The fourth-order valence-electron chi connectivity index (χ4n) is 2.82. The Hall–Kier alpha value is -2.77. The van der Waals surface area contributed by atoms with Crippen molar-refractivity contribution in [1.29, 1.82) is 0 Å². The third-order valence-electron chi connectivity index (χ3n) is 3.91. The molecule has 0 saturated carbocycles. The number of methoxy groups -OCH3 is 1. The van der Waals surface area contributed by atoms with Crippen molar-refractivity contribution in [1.82, 2.24) is 4.98 Å². The van der Waals surface area contributed by atoms with E-state index in [1.54, 1.807) is 38.3 Å². The van der Waals surface area contributed by atoms with Gasteiger partial charge in [-0.15, -0.1) is 11.3 Å². The third-order valence-corrected chi connectivity index (χ3v) is 4.97. The first-order chi connectivity index (χ1) is 13.0. The average Bonchev–Trinajstić information content (AvgIpc) is 3.01. The summed E-state index contributed by atoms with van der Waals surface area (Å²) in [6, 6.07) is 10.7. The molecule has 27 heavy (non-hydrogen) atoms. The summed E-state index contributed by atoms with van der Waals surface area (Å²) in [5, 5.41) is 3.59. The van der Waals surface area contributed by atoms with Crippen molar-refractivity contribution in [3.63, 3.8) is 0 Å². The summed E-state index contributed by atoms with van der Waals surface area (Å²) >= 11 is 1.21. The molecule has 0 spiro atoms. The van der Waals surface area contributed by atoms with E-state index in [9.17, 15) is 9.59 Å². The summed E-state index contributed by atoms with van der Waals surface area (Å²) in [5.41, 5.74) is 2.59. The van der Waals surface area contributed by atoms with Gasteiger partial charge in [0.2, 0.25) is 0 Å². The summed E-state index contributed by atoms with van der Waals surface area (Å²) in [6.45, 7) is 4.21. The maximum atomic E-state index is 12.7. The lowest BCUT2D eigenvalue weighted by Crippen LogP contribution is -2.15. The van der Waals surface area contributed by atoms with Crippen LogP contribution in [-0.2, 0) is 16.1 Å². The molecule has 2 heterocycles. The van der Waals surface area contributed by atoms with Crippen LogP contribution in [0.15, 0.2) is 36.4 Å². The number of anilines is 1. The molecule has 2 aromatic heterocycles. The Morgan fingerprint density at radius 1 is 1.22 bits per heavy atom. The predicted molar refractivity (Wildman–Crippen MR) is 105 cm³/mol. The van der Waals surface area contributed by atoms with Crippen LogP contribution in [0.3, 0.4) is 0 Å². The van der Waals surface area contributed by atoms with E-state index < -0.39 is 5.97 Å². The second-order valence-electron chi connectivity index (χ2n) is 5.88. The molecule has 0 fully saturated rings. The molecular formula is C20H20N2O4S. The number of aromatic nitrogens is 1. The number of nitrogens with one attached hydrogen (secondary N) is 1. The molecule has 140 valence electrons. The maximum absolute atomic E-state index is 12.7. The van der Waals surface area contributed by atoms with Gasteiger partial charge in [0.05, 0.1) is 18.9 Å². The van der Waals surface area contributed by atoms with Gasteiger partial charge in [0.25, 0.3) is 5.91 Å². The highest BCUT2D eigenvalue weighted by Gasteiger charge is 2.24. The zero-order valence-electron chi connectivity index (χ0n) is 15.4. The van der Waals surface area contributed by atoms with E-state index in [4.69, 9.17) is 9.47 Å². The van der Waals surface area contributed by atoms with Crippen molar-refractivity contribution in [2.75, 3.05) is 19.0 Å². The van der Waals surface area contributed by atoms with Gasteiger partial charge in [0.1, 0.15) is 9.71 Å². The predicted octanol–water partition coefficient (Wildman–Crippen LogP) is 4.18. The minimum absolute atomic E-state index is 0.247. The minimum atomic E-state index is -0.482. The number of esters is 1. The molecular weight excluding hydrogens is 364 g/mol. The number of fused-ring (bicyclic) bond motifs is 1. The fourth-order valence-corrected chi connectivity index (χ4v) is 3.93. The number of pyridine rings is 1. The topological polar surface area (TPSA) is 77.5 Å². The third kappa shape index (κ3) is 3.99. The van der Waals surface area contributed by atoms with E-state index >= 15 is 0 Å². The summed E-state index contributed by atoms with van der Waals surface area (Å²) in [4.78, 5) is 30.7. The van der Waals surface area contributed by atoms with Gasteiger partial charge in [-0.05, 0) is 37.6 Å². The van der Waals surface area contributed by atoms with E-state index in [0.717, 1.165) is 11.3 Å². The van der Waals surface area contributed by atoms with Crippen LogP contribution in [0, 0.1) is 6.92 Å². The van der Waals surface area contributed by atoms with Crippen molar-refractivity contribution in [3.8, 4) is 0 Å². The molecule has 0 saturated heterocycles. The second-order valence-corrected chi connectivity index (χ2v) is 6.88. The van der Waals surface area contributed by atoms with Crippen LogP contribution in [0.25, 0.3) is 10.2 Å². The van der Waals surface area contributed by atoms with Gasteiger partial charge in [-0.2, -0.15) is 0 Å². The largest absolute Gasteiger partial charge is 0.462 e. The molecule has 0 aliphatic carbocycles. The maximum Gasteiger partial charge on any atom is 0.350 e. The van der Waals surface area contributed by atoms with E-state index in [1.165, 1.54) is 11.3 Å². The summed E-state index contributed by atoms with van der Waals surface area (Å²) in [5.74, 6) is -0.783. The molecule has 0 aliphatic heterocycles. The molecule has 0 unspecified atom stereocenters. The van der Waals surface area contributed by atoms with Crippen LogP contribution < -0.4 is 5.32 Å². The number of hydrogen-bond acceptors (Lipinski definition) is 6. The molecule has 0 bridgehead atoms. The Morgan fingerprint density at radius 3 is 2.63 bits per heavy atom. The van der Waals surface area contributed by atoms with Crippen LogP contribution in [0.1, 0.15) is 38.2 Å². The number of carbonyl (C=O) groups excluding carboxylic acids is 2. The lowest BCUT2D eigenvalue weighted by atomic mass is 10.1. The van der Waals surface area contributed by atoms with Crippen LogP contribution in [-0.4, -0.2) is 30.6 Å². The number of thiophene rings is 1. The molecule has 0 atom stereocenters. The lowest BCUT2D eigenvalue weighted by molar-refractivity contribution is 0.0533. The first-order valence-corrected chi connectivity index (χ1v) is 9.32. The van der Waals surface area contributed by atoms with E-state index in [-0.39, 0.29) is 12.5 Å². The van der Waals surface area contributed by atoms with E-state index in [1.807, 2.05) is 19.1 Å². The van der Waals surface area contributed by atoms with Crippen molar-refractivity contribution >= 4 is 39.1 Å². The normalized spacial score (nSPS) is 10.8. The van der Waals surface area contributed by atoms with Gasteiger partial charge in [0, 0.05) is 23.8 Å². The smallest absolute Gasteiger partial charge is 0.350 e. The quantitative estimate of drug-likeness (QED) is 0.645. The monoisotopic (exact) mass is 384 g/mol. The molecule has 0 aliphatic rings. The van der Waals surface area contributed by atoms with E-state index in [0.29, 0.717) is 33.0 Å². The molecule has 1 N–H and O–H groups in total. The minimum Gasteiger partial charge on any atom is -0.462 e. The van der Waals surface area contributed by atoms with Crippen LogP contribution in [0.5, 0.6) is 0 Å². The Bertz CT molecular complexity index is 983. The van der Waals surface area contributed by atoms with Gasteiger partial charge in [-0.25, -0.2) is 9.78 Å². The van der Waals surface area contributed by atoms with Crippen molar-refractivity contribution in [2.24, 2.45) is 0 Å². The zero-order valence-corrected chi connectivity index (χ0v) is 16.2. The molecule has 7 heteroatoms. The highest BCUT2D eigenvalue weighted by Crippen LogP contribution is 2.38. The molecule has 0 radical (unpaired) electrons. The molecule has 1 amide bonds. The number of nitrogens with zero attached hydrogens (tertiary/aromatic N) is 1. The van der Waals surface area contributed by atoms with Crippen molar-refractivity contribution in [3.05, 3.63) is 58.1 Å². The summed E-state index contributed by atoms with van der Waals surface area (Å²) in [7, 11) is 1.60. The zero-order chi connectivity index (χ0) is 19.4. The first-order valence-electron chi connectivity index (χ1n) is 8.50. The molecule has 3 aromatic rings. The van der Waals surface area contributed by atoms with E-state index in [2.05, 4.69) is 10.3 Å². The second kappa shape index (κ2) is 8.28. The number of hydrogen-bond donors (Lipinski definition) is 1. The van der Waals surface area contributed by atoms with Gasteiger partial charge < -0.3 is 14.8 Å². The van der Waals surface area contributed by atoms with Gasteiger partial charge in [0.15, 0.2) is 0 Å². The summed E-state index contributed by atoms with van der Waals surface area (Å²) < 4.78 is 10.5.